The molecule has 3 aromatic heterocycles. The standard InChI is InChI=1S/C31H33N9O3/c1-4-6-11-27-26(16-21-12-14-22(15-13-21)24-9-7-8-10-25(24)29-36-38-39-37-29)30(42)40(20(3)35-27)31-33-17-23(18-34-31)43-19-28(41)32-5-2/h7-10,12-15,17-18H,4-6,11,16,19H2,1-3H3,(H,32,41)(H,36,37,38,39). The SMILES string of the molecule is CCCCc1nc(C)n(-c2ncc(OCC(=O)NCC)cn2)c(=O)c1Cc1ccc(-c2ccccc2-c2nn[nH]n2)cc1. The number of carbonyl (C=O) groups excluding carboxylic acids is 1. The van der Waals surface area contributed by atoms with Gasteiger partial charge in [-0.05, 0) is 48.6 Å². The Labute approximate surface area is 248 Å². The number of rotatable bonds is 12. The predicted molar refractivity (Wildman–Crippen MR) is 161 cm³/mol. The molecule has 43 heavy (non-hydrogen) atoms. The Balaban J connectivity index is 1.43. The number of hydrogen-bond donors (Lipinski definition) is 2. The first-order valence-corrected chi connectivity index (χ1v) is 14.2. The second kappa shape index (κ2) is 13.6. The topological polar surface area (TPSA) is 153 Å². The molecule has 0 aliphatic rings. The number of tetrazole rings is 1. The highest BCUT2D eigenvalue weighted by molar-refractivity contribution is 5.80. The van der Waals surface area contributed by atoms with Crippen molar-refractivity contribution in [3.63, 3.8) is 0 Å². The largest absolute Gasteiger partial charge is 0.481 e. The smallest absolute Gasteiger partial charge is 0.264 e. The maximum Gasteiger partial charge on any atom is 0.264 e. The molecule has 3 heterocycles. The first kappa shape index (κ1) is 29.2. The van der Waals surface area contributed by atoms with E-state index in [1.165, 1.54) is 17.0 Å². The van der Waals surface area contributed by atoms with E-state index in [0.29, 0.717) is 42.3 Å². The van der Waals surface area contributed by atoms with Crippen molar-refractivity contribution < 1.29 is 9.53 Å². The van der Waals surface area contributed by atoms with Crippen molar-refractivity contribution in [2.45, 2.75) is 46.5 Å². The van der Waals surface area contributed by atoms with E-state index >= 15 is 0 Å². The van der Waals surface area contributed by atoms with Gasteiger partial charge in [0.05, 0.1) is 18.1 Å². The number of benzene rings is 2. The number of aromatic nitrogens is 8. The average Bonchev–Trinajstić information content (AvgIpc) is 3.57. The lowest BCUT2D eigenvalue weighted by atomic mass is 9.96. The van der Waals surface area contributed by atoms with Gasteiger partial charge in [-0.1, -0.05) is 61.9 Å². The Morgan fingerprint density at radius 3 is 2.44 bits per heavy atom. The molecule has 5 rings (SSSR count). The molecule has 0 unspecified atom stereocenters. The molecule has 0 saturated carbocycles. The van der Waals surface area contributed by atoms with E-state index in [0.717, 1.165) is 40.8 Å². The van der Waals surface area contributed by atoms with Crippen molar-refractivity contribution in [1.82, 2.24) is 45.5 Å². The molecule has 220 valence electrons. The summed E-state index contributed by atoms with van der Waals surface area (Å²) in [7, 11) is 0. The minimum atomic E-state index is -0.237. The molecule has 0 saturated heterocycles. The highest BCUT2D eigenvalue weighted by Gasteiger charge is 2.18. The van der Waals surface area contributed by atoms with Gasteiger partial charge in [-0.25, -0.2) is 19.5 Å². The van der Waals surface area contributed by atoms with Crippen LogP contribution in [-0.2, 0) is 17.6 Å². The third-order valence-corrected chi connectivity index (χ3v) is 6.91. The van der Waals surface area contributed by atoms with E-state index < -0.39 is 0 Å². The van der Waals surface area contributed by atoms with Crippen LogP contribution in [0, 0.1) is 6.92 Å². The Kier molecular flexibility index (Phi) is 9.25. The third kappa shape index (κ3) is 6.80. The van der Waals surface area contributed by atoms with Crippen LogP contribution in [0.2, 0.25) is 0 Å². The molecule has 0 atom stereocenters. The first-order valence-electron chi connectivity index (χ1n) is 14.2. The summed E-state index contributed by atoms with van der Waals surface area (Å²) in [6.07, 6.45) is 5.91. The summed E-state index contributed by atoms with van der Waals surface area (Å²) < 4.78 is 6.88. The van der Waals surface area contributed by atoms with Gasteiger partial charge in [0.2, 0.25) is 11.8 Å². The number of ether oxygens (including phenoxy) is 1. The summed E-state index contributed by atoms with van der Waals surface area (Å²) >= 11 is 0. The fourth-order valence-corrected chi connectivity index (χ4v) is 4.79. The second-order valence-electron chi connectivity index (χ2n) is 9.94. The van der Waals surface area contributed by atoms with E-state index in [-0.39, 0.29) is 24.0 Å². The van der Waals surface area contributed by atoms with Gasteiger partial charge < -0.3 is 10.1 Å². The molecule has 0 fully saturated rings. The number of likely N-dealkylation sites (N-methyl/N-ethyl adjacent to an activating group) is 1. The minimum absolute atomic E-state index is 0.144. The van der Waals surface area contributed by atoms with Gasteiger partial charge in [0.25, 0.3) is 11.5 Å². The van der Waals surface area contributed by atoms with Gasteiger partial charge >= 0.3 is 0 Å². The Bertz CT molecular complexity index is 1730. The summed E-state index contributed by atoms with van der Waals surface area (Å²) in [4.78, 5) is 39.2. The molecule has 0 aliphatic heterocycles. The molecule has 12 nitrogen and oxygen atoms in total. The normalized spacial score (nSPS) is 11.0. The zero-order valence-electron chi connectivity index (χ0n) is 24.4. The number of nitrogens with zero attached hydrogens (tertiary/aromatic N) is 7. The third-order valence-electron chi connectivity index (χ3n) is 6.91. The van der Waals surface area contributed by atoms with Crippen molar-refractivity contribution in [1.29, 1.82) is 0 Å². The van der Waals surface area contributed by atoms with E-state index in [4.69, 9.17) is 9.72 Å². The van der Waals surface area contributed by atoms with Crippen molar-refractivity contribution in [3.8, 4) is 34.2 Å². The predicted octanol–water partition coefficient (Wildman–Crippen LogP) is 3.63. The lowest BCUT2D eigenvalue weighted by molar-refractivity contribution is -0.122. The van der Waals surface area contributed by atoms with E-state index in [1.54, 1.807) is 6.92 Å². The molecule has 0 aliphatic carbocycles. The summed E-state index contributed by atoms with van der Waals surface area (Å²) in [5.41, 5.74) is 5.01. The molecular formula is C31H33N9O3. The maximum absolute atomic E-state index is 14.0. The quantitative estimate of drug-likeness (QED) is 0.226. The fraction of sp³-hybridized carbons (Fsp3) is 0.290. The van der Waals surface area contributed by atoms with Crippen molar-refractivity contribution >= 4 is 5.91 Å². The van der Waals surface area contributed by atoms with Gasteiger partial charge in [-0.15, -0.1) is 10.2 Å². The van der Waals surface area contributed by atoms with E-state index in [9.17, 15) is 9.59 Å². The average molecular weight is 580 g/mol. The summed E-state index contributed by atoms with van der Waals surface area (Å²) in [6.45, 7) is 6.10. The highest BCUT2D eigenvalue weighted by Crippen LogP contribution is 2.30. The van der Waals surface area contributed by atoms with Crippen LogP contribution in [0.1, 0.15) is 49.3 Å². The lowest BCUT2D eigenvalue weighted by Gasteiger charge is -2.15. The first-order chi connectivity index (χ1) is 21.0. The number of amides is 1. The Hall–Kier alpha value is -5.26. The van der Waals surface area contributed by atoms with Crippen molar-refractivity contribution in [2.75, 3.05) is 13.2 Å². The lowest BCUT2D eigenvalue weighted by Crippen LogP contribution is -2.30. The van der Waals surface area contributed by atoms with Crippen LogP contribution in [0.5, 0.6) is 5.75 Å². The van der Waals surface area contributed by atoms with Crippen LogP contribution in [0.3, 0.4) is 0 Å². The number of aromatic amines is 1. The molecule has 12 heteroatoms. The molecule has 0 spiro atoms. The zero-order chi connectivity index (χ0) is 30.2. The molecule has 1 amide bonds. The van der Waals surface area contributed by atoms with Gasteiger partial charge in [0.1, 0.15) is 5.82 Å². The van der Waals surface area contributed by atoms with Crippen molar-refractivity contribution in [3.05, 3.63) is 93.9 Å². The summed E-state index contributed by atoms with van der Waals surface area (Å²) in [5, 5.41) is 17.1. The molecule has 0 radical (unpaired) electrons. The Morgan fingerprint density at radius 2 is 1.77 bits per heavy atom. The van der Waals surface area contributed by atoms with E-state index in [2.05, 4.69) is 42.8 Å². The molecule has 5 aromatic rings. The van der Waals surface area contributed by atoms with Crippen LogP contribution in [0.4, 0.5) is 0 Å². The zero-order valence-corrected chi connectivity index (χ0v) is 24.4. The van der Waals surface area contributed by atoms with E-state index in [1.807, 2.05) is 55.5 Å². The molecule has 0 bridgehead atoms. The number of nitrogens with one attached hydrogen (secondary N) is 2. The monoisotopic (exact) mass is 579 g/mol. The minimum Gasteiger partial charge on any atom is -0.481 e. The number of aryl methyl sites for hydroxylation is 2. The summed E-state index contributed by atoms with van der Waals surface area (Å²) in [5.74, 6) is 1.31. The molecular weight excluding hydrogens is 546 g/mol. The van der Waals surface area contributed by atoms with Crippen LogP contribution < -0.4 is 15.6 Å². The van der Waals surface area contributed by atoms with Crippen LogP contribution in [0.15, 0.2) is 65.7 Å². The fourth-order valence-electron chi connectivity index (χ4n) is 4.79. The van der Waals surface area contributed by atoms with Crippen LogP contribution in [-0.4, -0.2) is 59.2 Å². The number of hydrogen-bond acceptors (Lipinski definition) is 9. The maximum atomic E-state index is 14.0. The molecule has 2 N–H and O–H groups in total. The van der Waals surface area contributed by atoms with Gasteiger partial charge in [0.15, 0.2) is 12.4 Å². The van der Waals surface area contributed by atoms with Crippen molar-refractivity contribution in [2.24, 2.45) is 0 Å². The number of carbonyl (C=O) groups is 1. The second-order valence-corrected chi connectivity index (χ2v) is 9.94. The van der Waals surface area contributed by atoms with Crippen LogP contribution >= 0.6 is 0 Å². The van der Waals surface area contributed by atoms with Gasteiger partial charge in [0, 0.05) is 24.1 Å². The van der Waals surface area contributed by atoms with Gasteiger partial charge in [-0.2, -0.15) is 5.21 Å². The number of H-pyrrole nitrogens is 1. The Morgan fingerprint density at radius 1 is 1.02 bits per heavy atom. The van der Waals surface area contributed by atoms with Gasteiger partial charge in [-0.3, -0.25) is 9.59 Å². The number of unbranched alkanes of at least 4 members (excludes halogenated alkanes) is 1. The van der Waals surface area contributed by atoms with Crippen LogP contribution in [0.25, 0.3) is 28.5 Å². The summed E-state index contributed by atoms with van der Waals surface area (Å²) in [6, 6.07) is 16.0. The highest BCUT2D eigenvalue weighted by atomic mass is 16.5. The molecule has 2 aromatic carbocycles.